The SMILES string of the molecule is Cc1cc2c(cc1C)[n+]([O-])c(C1=N[C@H]3C=CC=C[C@H]3S1)c(N)[n+]2[O-]. The molecule has 0 spiro atoms. The fraction of sp³-hybridized carbons (Fsp3) is 0.235. The number of fused-ring (bicyclic) bond motifs is 2. The van der Waals surface area contributed by atoms with Gasteiger partial charge in [0, 0.05) is 6.07 Å². The minimum Gasteiger partial charge on any atom is -0.710 e. The van der Waals surface area contributed by atoms with Crippen molar-refractivity contribution in [2.24, 2.45) is 4.99 Å². The van der Waals surface area contributed by atoms with Gasteiger partial charge < -0.3 is 10.4 Å². The van der Waals surface area contributed by atoms with Crippen molar-refractivity contribution in [3.63, 3.8) is 0 Å². The summed E-state index contributed by atoms with van der Waals surface area (Å²) < 4.78 is 1.37. The molecular weight excluding hydrogens is 324 g/mol. The molecule has 1 aromatic carbocycles. The number of nitrogen functional groups attached to an aromatic ring is 1. The van der Waals surface area contributed by atoms with Crippen LogP contribution in [-0.2, 0) is 0 Å². The molecule has 1 aromatic heterocycles. The molecule has 0 saturated heterocycles. The summed E-state index contributed by atoms with van der Waals surface area (Å²) in [5, 5.41) is 26.1. The van der Waals surface area contributed by atoms with E-state index in [1.165, 1.54) is 11.8 Å². The number of aryl methyl sites for hydroxylation is 2. The van der Waals surface area contributed by atoms with Crippen molar-refractivity contribution in [1.82, 2.24) is 0 Å². The summed E-state index contributed by atoms with van der Waals surface area (Å²) in [5.41, 5.74) is 8.61. The van der Waals surface area contributed by atoms with E-state index in [2.05, 4.69) is 4.99 Å². The highest BCUT2D eigenvalue weighted by atomic mass is 32.2. The molecule has 2 aromatic rings. The fourth-order valence-corrected chi connectivity index (χ4v) is 4.17. The third-order valence-corrected chi connectivity index (χ3v) is 5.70. The molecule has 0 unspecified atom stereocenters. The number of anilines is 1. The number of benzene rings is 1. The smallest absolute Gasteiger partial charge is 0.353 e. The van der Waals surface area contributed by atoms with Crippen molar-refractivity contribution in [2.75, 3.05) is 5.73 Å². The molecule has 0 amide bonds. The molecule has 0 radical (unpaired) electrons. The van der Waals surface area contributed by atoms with Gasteiger partial charge in [0.1, 0.15) is 0 Å². The number of allylic oxidation sites excluding steroid dienone is 2. The zero-order valence-electron chi connectivity index (χ0n) is 13.3. The average molecular weight is 340 g/mol. The van der Waals surface area contributed by atoms with Gasteiger partial charge in [0.05, 0.1) is 11.3 Å². The molecule has 2 N–H and O–H groups in total. The van der Waals surface area contributed by atoms with Gasteiger partial charge in [-0.25, -0.2) is 4.73 Å². The van der Waals surface area contributed by atoms with E-state index in [1.54, 1.807) is 12.1 Å². The fourth-order valence-electron chi connectivity index (χ4n) is 2.97. The van der Waals surface area contributed by atoms with Crippen molar-refractivity contribution in [3.05, 3.63) is 63.7 Å². The number of hydrogen-bond acceptors (Lipinski definition) is 5. The molecule has 24 heavy (non-hydrogen) atoms. The highest BCUT2D eigenvalue weighted by Gasteiger charge is 2.37. The lowest BCUT2D eigenvalue weighted by Crippen LogP contribution is -2.46. The zero-order valence-corrected chi connectivity index (χ0v) is 14.1. The Kier molecular flexibility index (Phi) is 3.28. The van der Waals surface area contributed by atoms with Crippen LogP contribution in [0.1, 0.15) is 16.8 Å². The number of nitrogens with zero attached hydrogens (tertiary/aromatic N) is 3. The van der Waals surface area contributed by atoms with Crippen molar-refractivity contribution >= 4 is 33.7 Å². The predicted octanol–water partition coefficient (Wildman–Crippen LogP) is 1.66. The first-order valence-electron chi connectivity index (χ1n) is 7.62. The Morgan fingerprint density at radius 2 is 1.67 bits per heavy atom. The van der Waals surface area contributed by atoms with E-state index in [4.69, 9.17) is 5.73 Å². The van der Waals surface area contributed by atoms with E-state index in [0.29, 0.717) is 15.3 Å². The zero-order chi connectivity index (χ0) is 17.0. The Bertz CT molecular complexity index is 965. The molecule has 2 aliphatic rings. The minimum atomic E-state index is -0.112. The van der Waals surface area contributed by atoms with E-state index in [-0.39, 0.29) is 28.3 Å². The first-order valence-corrected chi connectivity index (χ1v) is 8.50. The summed E-state index contributed by atoms with van der Waals surface area (Å²) in [5.74, 6) is -0.112. The van der Waals surface area contributed by atoms with Gasteiger partial charge in [-0.3, -0.25) is 10.7 Å². The van der Waals surface area contributed by atoms with Crippen LogP contribution in [0.3, 0.4) is 0 Å². The van der Waals surface area contributed by atoms with Crippen molar-refractivity contribution in [3.8, 4) is 0 Å². The monoisotopic (exact) mass is 340 g/mol. The van der Waals surface area contributed by atoms with Crippen LogP contribution in [0.15, 0.2) is 41.4 Å². The molecule has 4 rings (SSSR count). The normalized spacial score (nSPS) is 22.0. The summed E-state index contributed by atoms with van der Waals surface area (Å²) in [4.78, 5) is 4.58. The second kappa shape index (κ2) is 5.24. The van der Waals surface area contributed by atoms with Crippen molar-refractivity contribution in [1.29, 1.82) is 0 Å². The third-order valence-electron chi connectivity index (χ3n) is 4.47. The summed E-state index contributed by atoms with van der Waals surface area (Å²) in [6, 6.07) is 3.40. The highest BCUT2D eigenvalue weighted by molar-refractivity contribution is 8.15. The number of thioether (sulfide) groups is 1. The maximum atomic E-state index is 12.9. The van der Waals surface area contributed by atoms with Crippen LogP contribution in [-0.4, -0.2) is 16.3 Å². The van der Waals surface area contributed by atoms with E-state index in [0.717, 1.165) is 15.9 Å². The first kappa shape index (κ1) is 15.0. The summed E-state index contributed by atoms with van der Waals surface area (Å²) in [7, 11) is 0. The Balaban J connectivity index is 1.95. The maximum absolute atomic E-state index is 12.9. The summed E-state index contributed by atoms with van der Waals surface area (Å²) in [6.45, 7) is 3.81. The van der Waals surface area contributed by atoms with Crippen LogP contribution in [0.4, 0.5) is 5.82 Å². The molecule has 0 saturated carbocycles. The van der Waals surface area contributed by atoms with E-state index in [1.807, 2.05) is 38.2 Å². The lowest BCUT2D eigenvalue weighted by Gasteiger charge is -2.14. The Labute approximate surface area is 143 Å². The van der Waals surface area contributed by atoms with Crippen molar-refractivity contribution < 1.29 is 9.46 Å². The molecule has 7 heteroatoms. The second-order valence-corrected chi connectivity index (χ2v) is 7.19. The van der Waals surface area contributed by atoms with Crippen LogP contribution in [0.25, 0.3) is 11.0 Å². The molecule has 122 valence electrons. The van der Waals surface area contributed by atoms with Crippen molar-refractivity contribution in [2.45, 2.75) is 25.1 Å². The maximum Gasteiger partial charge on any atom is 0.353 e. The van der Waals surface area contributed by atoms with Gasteiger partial charge >= 0.3 is 11.5 Å². The second-order valence-electron chi connectivity index (χ2n) is 6.02. The van der Waals surface area contributed by atoms with Gasteiger partial charge in [0.2, 0.25) is 5.52 Å². The number of nitrogens with two attached hydrogens (primary N) is 1. The third kappa shape index (κ3) is 2.08. The number of hydrogen-bond donors (Lipinski definition) is 1. The molecule has 1 aliphatic heterocycles. The Morgan fingerprint density at radius 1 is 1.04 bits per heavy atom. The van der Waals surface area contributed by atoms with Crippen LogP contribution < -0.4 is 15.2 Å². The van der Waals surface area contributed by atoms with E-state index >= 15 is 0 Å². The molecule has 2 atom stereocenters. The Hall–Kier alpha value is -2.54. The highest BCUT2D eigenvalue weighted by Crippen LogP contribution is 2.34. The van der Waals surface area contributed by atoms with Crippen LogP contribution in [0, 0.1) is 24.3 Å². The van der Waals surface area contributed by atoms with Crippen LogP contribution in [0.2, 0.25) is 0 Å². The molecule has 0 bridgehead atoms. The van der Waals surface area contributed by atoms with Crippen LogP contribution >= 0.6 is 11.8 Å². The summed E-state index contributed by atoms with van der Waals surface area (Å²) in [6.07, 6.45) is 7.91. The molecule has 6 nitrogen and oxygen atoms in total. The Morgan fingerprint density at radius 3 is 2.33 bits per heavy atom. The van der Waals surface area contributed by atoms with E-state index in [9.17, 15) is 10.4 Å². The van der Waals surface area contributed by atoms with Crippen LogP contribution in [0.5, 0.6) is 0 Å². The number of rotatable bonds is 1. The predicted molar refractivity (Wildman–Crippen MR) is 95.7 cm³/mol. The van der Waals surface area contributed by atoms with Gasteiger partial charge in [-0.05, 0) is 31.0 Å². The molecule has 1 aliphatic carbocycles. The molecule has 0 fully saturated rings. The largest absolute Gasteiger partial charge is 0.710 e. The van der Waals surface area contributed by atoms with Gasteiger partial charge in [-0.2, -0.15) is 4.73 Å². The van der Waals surface area contributed by atoms with Gasteiger partial charge in [-0.15, -0.1) is 0 Å². The molecular formula is C17H16N4O2S. The lowest BCUT2D eigenvalue weighted by molar-refractivity contribution is -0.619. The molecule has 2 heterocycles. The quantitative estimate of drug-likeness (QED) is 0.631. The standard InChI is InChI=1S/C17H16N4O2S/c1-9-7-12-13(8-10(9)2)21(23)16(18)15(20(12)22)17-19-11-5-3-4-6-14(11)24-17/h3-8,11,14H,18H2,1-2H3/t11-,14+/m0/s1. The number of aliphatic imine (C=N–C) groups is 1. The average Bonchev–Trinajstić information content (AvgIpc) is 2.98. The van der Waals surface area contributed by atoms with Gasteiger partial charge in [0.15, 0.2) is 5.04 Å². The lowest BCUT2D eigenvalue weighted by atomic mass is 10.1. The van der Waals surface area contributed by atoms with Gasteiger partial charge in [-0.1, -0.05) is 36.1 Å². The van der Waals surface area contributed by atoms with E-state index < -0.39 is 0 Å². The topological polar surface area (TPSA) is 92.3 Å². The summed E-state index contributed by atoms with van der Waals surface area (Å²) >= 11 is 1.46. The first-order chi connectivity index (χ1) is 11.5. The minimum absolute atomic E-state index is 0.0232. The van der Waals surface area contributed by atoms with Gasteiger partial charge in [0.25, 0.3) is 5.52 Å². The number of aromatic nitrogens is 2.